The molecule has 0 saturated carbocycles. The van der Waals surface area contributed by atoms with E-state index in [1.54, 1.807) is 17.8 Å². The van der Waals surface area contributed by atoms with Gasteiger partial charge >= 0.3 is 0 Å². The Morgan fingerprint density at radius 3 is 2.43 bits per heavy atom. The Kier molecular flexibility index (Phi) is 3.46. The molecule has 1 aromatic heterocycles. The van der Waals surface area contributed by atoms with Crippen molar-refractivity contribution in [3.63, 3.8) is 0 Å². The molecule has 2 rings (SSSR count). The molecule has 0 aliphatic heterocycles. The number of hydrogen-bond donors (Lipinski definition) is 0. The summed E-state index contributed by atoms with van der Waals surface area (Å²) in [6.45, 7) is 4.00. The third-order valence-electron chi connectivity index (χ3n) is 1.99. The lowest BCUT2D eigenvalue weighted by Crippen LogP contribution is -2.15. The van der Waals surface area contributed by atoms with E-state index < -0.39 is 0 Å². The van der Waals surface area contributed by atoms with Crippen molar-refractivity contribution in [2.75, 3.05) is 0 Å². The van der Waals surface area contributed by atoms with Crippen molar-refractivity contribution in [2.45, 2.75) is 13.8 Å². The molecule has 1 heterocycles. The molecule has 1 aromatic carbocycles. The van der Waals surface area contributed by atoms with E-state index >= 15 is 0 Å². The largest absolute Gasteiger partial charge is 0.318 e. The van der Waals surface area contributed by atoms with Crippen LogP contribution in [0.1, 0.15) is 13.8 Å². The van der Waals surface area contributed by atoms with E-state index in [2.05, 4.69) is 0 Å². The number of rotatable bonds is 0. The van der Waals surface area contributed by atoms with Crippen molar-refractivity contribution in [2.24, 2.45) is 7.05 Å². The second-order valence-electron chi connectivity index (χ2n) is 2.82. The molecule has 0 unspecified atom stereocenters. The van der Waals surface area contributed by atoms with Crippen molar-refractivity contribution in [1.82, 2.24) is 4.57 Å². The highest BCUT2D eigenvalue weighted by atomic mass is 16.1. The highest BCUT2D eigenvalue weighted by Crippen LogP contribution is 2.06. The fourth-order valence-electron chi connectivity index (χ4n) is 1.29. The van der Waals surface area contributed by atoms with Gasteiger partial charge in [0.05, 0.1) is 0 Å². The summed E-state index contributed by atoms with van der Waals surface area (Å²) in [5.74, 6) is 0. The van der Waals surface area contributed by atoms with Crippen LogP contribution >= 0.6 is 0 Å². The van der Waals surface area contributed by atoms with Crippen molar-refractivity contribution >= 4 is 10.8 Å². The lowest BCUT2D eigenvalue weighted by molar-refractivity contribution is 0.873. The van der Waals surface area contributed by atoms with E-state index in [9.17, 15) is 4.79 Å². The Bertz CT molecular complexity index is 471. The lowest BCUT2D eigenvalue weighted by Gasteiger charge is -1.98. The van der Waals surface area contributed by atoms with Crippen LogP contribution in [0.15, 0.2) is 41.3 Å². The number of hydrogen-bond acceptors (Lipinski definition) is 1. The van der Waals surface area contributed by atoms with Gasteiger partial charge in [0.1, 0.15) is 0 Å². The fraction of sp³-hybridized carbons (Fsp3) is 0.250. The van der Waals surface area contributed by atoms with Crippen molar-refractivity contribution in [3.8, 4) is 0 Å². The highest BCUT2D eigenvalue weighted by Gasteiger charge is 1.96. The minimum absolute atomic E-state index is 0.0631. The smallest absolute Gasteiger partial charge is 0.258 e. The van der Waals surface area contributed by atoms with Crippen LogP contribution in [0.25, 0.3) is 10.8 Å². The van der Waals surface area contributed by atoms with Gasteiger partial charge in [-0.25, -0.2) is 0 Å². The molecule has 0 spiro atoms. The molecule has 0 aliphatic carbocycles. The maximum atomic E-state index is 11.5. The summed E-state index contributed by atoms with van der Waals surface area (Å²) in [6.07, 6.45) is 1.78. The predicted octanol–water partition coefficient (Wildman–Crippen LogP) is 2.56. The van der Waals surface area contributed by atoms with Gasteiger partial charge in [0.25, 0.3) is 5.56 Å². The van der Waals surface area contributed by atoms with E-state index in [1.807, 2.05) is 44.2 Å². The zero-order valence-corrected chi connectivity index (χ0v) is 8.82. The summed E-state index contributed by atoms with van der Waals surface area (Å²) in [5, 5.41) is 1.78. The van der Waals surface area contributed by atoms with Crippen LogP contribution in [0.2, 0.25) is 0 Å². The first-order chi connectivity index (χ1) is 6.79. The van der Waals surface area contributed by atoms with Gasteiger partial charge in [0, 0.05) is 18.6 Å². The molecular weight excluding hydrogens is 174 g/mol. The third-order valence-corrected chi connectivity index (χ3v) is 1.99. The zero-order chi connectivity index (χ0) is 10.6. The van der Waals surface area contributed by atoms with E-state index in [4.69, 9.17) is 0 Å². The summed E-state index contributed by atoms with van der Waals surface area (Å²) in [7, 11) is 1.76. The number of pyridine rings is 1. The van der Waals surface area contributed by atoms with Crippen molar-refractivity contribution in [3.05, 3.63) is 46.9 Å². The van der Waals surface area contributed by atoms with Crippen LogP contribution in [0, 0.1) is 0 Å². The molecule has 2 heteroatoms. The molecule has 0 saturated heterocycles. The summed E-state index contributed by atoms with van der Waals surface area (Å²) in [6, 6.07) is 9.54. The van der Waals surface area contributed by atoms with Gasteiger partial charge in [0.15, 0.2) is 0 Å². The van der Waals surface area contributed by atoms with Crippen molar-refractivity contribution in [1.29, 1.82) is 0 Å². The Labute approximate surface area is 83.8 Å². The van der Waals surface area contributed by atoms with Crippen LogP contribution in [0.3, 0.4) is 0 Å². The average molecular weight is 189 g/mol. The highest BCUT2D eigenvalue weighted by molar-refractivity contribution is 5.81. The lowest BCUT2D eigenvalue weighted by atomic mass is 10.2. The van der Waals surface area contributed by atoms with E-state index in [-0.39, 0.29) is 5.56 Å². The first-order valence-electron chi connectivity index (χ1n) is 4.83. The Balaban J connectivity index is 0.000000461. The molecule has 74 valence electrons. The summed E-state index contributed by atoms with van der Waals surface area (Å²) in [5.41, 5.74) is 0.0631. The summed E-state index contributed by atoms with van der Waals surface area (Å²) >= 11 is 0. The van der Waals surface area contributed by atoms with Gasteiger partial charge in [0.2, 0.25) is 0 Å². The maximum Gasteiger partial charge on any atom is 0.258 e. The van der Waals surface area contributed by atoms with E-state index in [1.165, 1.54) is 0 Å². The molecule has 2 aromatic rings. The quantitative estimate of drug-likeness (QED) is 0.624. The molecule has 0 aliphatic rings. The van der Waals surface area contributed by atoms with Gasteiger partial charge in [-0.05, 0) is 17.5 Å². The normalized spacial score (nSPS) is 9.36. The second kappa shape index (κ2) is 4.61. The summed E-state index contributed by atoms with van der Waals surface area (Å²) in [4.78, 5) is 11.5. The van der Waals surface area contributed by atoms with Gasteiger partial charge in [-0.1, -0.05) is 32.0 Å². The molecule has 0 radical (unpaired) electrons. The standard InChI is InChI=1S/C10H9NO.C2H6/c1-11-7-6-8-4-2-3-5-9(8)10(11)12;1-2/h2-7H,1H3;1-2H3. The topological polar surface area (TPSA) is 22.0 Å². The number of aromatic nitrogens is 1. The Hall–Kier alpha value is -1.57. The molecule has 0 N–H and O–H groups in total. The van der Waals surface area contributed by atoms with Crippen LogP contribution in [0.4, 0.5) is 0 Å². The molecule has 14 heavy (non-hydrogen) atoms. The Morgan fingerprint density at radius 2 is 1.71 bits per heavy atom. The monoisotopic (exact) mass is 189 g/mol. The number of fused-ring (bicyclic) bond motifs is 1. The summed E-state index contributed by atoms with van der Waals surface area (Å²) < 4.78 is 1.59. The predicted molar refractivity (Wildman–Crippen MR) is 60.5 cm³/mol. The molecule has 0 amide bonds. The second-order valence-corrected chi connectivity index (χ2v) is 2.82. The van der Waals surface area contributed by atoms with Crippen molar-refractivity contribution < 1.29 is 0 Å². The average Bonchev–Trinajstić information content (AvgIpc) is 2.27. The zero-order valence-electron chi connectivity index (χ0n) is 8.82. The van der Waals surface area contributed by atoms with Crippen LogP contribution in [-0.4, -0.2) is 4.57 Å². The molecule has 0 bridgehead atoms. The minimum atomic E-state index is 0.0631. The number of aryl methyl sites for hydroxylation is 1. The molecule has 0 atom stereocenters. The molecule has 2 nitrogen and oxygen atoms in total. The van der Waals surface area contributed by atoms with Gasteiger partial charge in [-0.15, -0.1) is 0 Å². The van der Waals surface area contributed by atoms with Crippen LogP contribution < -0.4 is 5.56 Å². The molecular formula is C12H15NO. The number of benzene rings is 1. The number of nitrogens with zero attached hydrogens (tertiary/aromatic N) is 1. The van der Waals surface area contributed by atoms with Crippen LogP contribution in [-0.2, 0) is 7.05 Å². The SMILES string of the molecule is CC.Cn1ccc2ccccc2c1=O. The fourth-order valence-corrected chi connectivity index (χ4v) is 1.29. The van der Waals surface area contributed by atoms with Gasteiger partial charge in [-0.3, -0.25) is 4.79 Å². The third kappa shape index (κ3) is 1.84. The molecule has 0 fully saturated rings. The van der Waals surface area contributed by atoms with E-state index in [0.717, 1.165) is 10.8 Å². The maximum absolute atomic E-state index is 11.5. The first-order valence-corrected chi connectivity index (χ1v) is 4.83. The Morgan fingerprint density at radius 1 is 1.07 bits per heavy atom. The van der Waals surface area contributed by atoms with E-state index in [0.29, 0.717) is 0 Å². The first kappa shape index (κ1) is 10.5. The minimum Gasteiger partial charge on any atom is -0.318 e. The van der Waals surface area contributed by atoms with Gasteiger partial charge in [-0.2, -0.15) is 0 Å². The van der Waals surface area contributed by atoms with Gasteiger partial charge < -0.3 is 4.57 Å². The van der Waals surface area contributed by atoms with Crippen LogP contribution in [0.5, 0.6) is 0 Å².